The van der Waals surface area contributed by atoms with Crippen LogP contribution in [0.4, 0.5) is 9.18 Å². The lowest BCUT2D eigenvalue weighted by Crippen LogP contribution is -2.29. The zero-order valence-electron chi connectivity index (χ0n) is 6.32. The molecule has 68 valence electrons. The fourth-order valence-corrected chi connectivity index (χ4v) is 0.671. The van der Waals surface area contributed by atoms with Crippen molar-refractivity contribution in [2.45, 2.75) is 0 Å². The van der Waals surface area contributed by atoms with E-state index in [9.17, 15) is 14.0 Å². The minimum absolute atomic E-state index is 0.149. The van der Waals surface area contributed by atoms with E-state index >= 15 is 0 Å². The second-order valence-electron chi connectivity index (χ2n) is 2.12. The Morgan fingerprint density at radius 1 is 1.46 bits per heavy atom. The van der Waals surface area contributed by atoms with E-state index in [0.29, 0.717) is 0 Å². The van der Waals surface area contributed by atoms with E-state index in [2.05, 4.69) is 4.98 Å². The fourth-order valence-electron chi connectivity index (χ4n) is 0.671. The molecule has 1 aromatic heterocycles. The second kappa shape index (κ2) is 3.61. The summed E-state index contributed by atoms with van der Waals surface area (Å²) in [6.45, 7) is 0. The van der Waals surface area contributed by atoms with Gasteiger partial charge in [0.25, 0.3) is 5.91 Å². The summed E-state index contributed by atoms with van der Waals surface area (Å²) in [6, 6.07) is 2.11. The molecule has 13 heavy (non-hydrogen) atoms. The zero-order chi connectivity index (χ0) is 9.84. The average molecular weight is 184 g/mol. The molecule has 1 heterocycles. The van der Waals surface area contributed by atoms with Gasteiger partial charge in [0.2, 0.25) is 0 Å². The van der Waals surface area contributed by atoms with E-state index in [1.54, 1.807) is 5.32 Å². The Labute approximate surface area is 72.2 Å². The van der Waals surface area contributed by atoms with Gasteiger partial charge in [0.1, 0.15) is 11.5 Å². The molecule has 0 aliphatic carbocycles. The molecule has 1 aromatic rings. The third-order valence-electron chi connectivity index (χ3n) is 1.18. The second-order valence-corrected chi connectivity index (χ2v) is 2.12. The monoisotopic (exact) mass is 184 g/mol. The van der Waals surface area contributed by atoms with Crippen molar-refractivity contribution in [2.24, 2.45) is 0 Å². The predicted molar refractivity (Wildman–Crippen MR) is 39.7 cm³/mol. The Hall–Kier alpha value is -1.98. The maximum absolute atomic E-state index is 12.3. The van der Waals surface area contributed by atoms with Crippen molar-refractivity contribution in [1.29, 1.82) is 0 Å². The van der Waals surface area contributed by atoms with Gasteiger partial charge in [0.15, 0.2) is 0 Å². The van der Waals surface area contributed by atoms with Crippen LogP contribution in [0.1, 0.15) is 10.5 Å². The van der Waals surface area contributed by atoms with E-state index in [1.807, 2.05) is 0 Å². The van der Waals surface area contributed by atoms with Crippen molar-refractivity contribution in [3.8, 4) is 0 Å². The number of hydrogen-bond donors (Lipinski definition) is 2. The molecular weight excluding hydrogens is 179 g/mol. The normalized spacial score (nSPS) is 9.31. The SMILES string of the molecule is O=C(O)NC(=O)c1ccc(F)cn1. The lowest BCUT2D eigenvalue weighted by Gasteiger charge is -1.97. The Balaban J connectivity index is 2.78. The molecule has 0 bridgehead atoms. The van der Waals surface area contributed by atoms with Crippen LogP contribution in [-0.2, 0) is 0 Å². The smallest absolute Gasteiger partial charge is 0.411 e. The van der Waals surface area contributed by atoms with E-state index in [-0.39, 0.29) is 5.69 Å². The molecule has 2 N–H and O–H groups in total. The highest BCUT2D eigenvalue weighted by atomic mass is 19.1. The summed E-state index contributed by atoms with van der Waals surface area (Å²) in [5.41, 5.74) is -0.149. The standard InChI is InChI=1S/C7H5FN2O3/c8-4-1-2-5(9-3-4)6(11)10-7(12)13/h1-3H,(H,10,11)(H,12,13). The molecule has 0 saturated carbocycles. The van der Waals surface area contributed by atoms with E-state index in [0.717, 1.165) is 18.3 Å². The van der Waals surface area contributed by atoms with E-state index in [4.69, 9.17) is 5.11 Å². The number of carboxylic acid groups (broad SMARTS) is 1. The Kier molecular flexibility index (Phi) is 2.53. The molecule has 0 radical (unpaired) electrons. The molecule has 5 nitrogen and oxygen atoms in total. The van der Waals surface area contributed by atoms with Gasteiger partial charge >= 0.3 is 6.09 Å². The molecule has 1 rings (SSSR count). The first-order valence-electron chi connectivity index (χ1n) is 3.25. The molecule has 0 spiro atoms. The summed E-state index contributed by atoms with van der Waals surface area (Å²) in [7, 11) is 0. The lowest BCUT2D eigenvalue weighted by molar-refractivity contribution is 0.0943. The molecular formula is C7H5FN2O3. The van der Waals surface area contributed by atoms with Gasteiger partial charge in [-0.1, -0.05) is 0 Å². The largest absolute Gasteiger partial charge is 0.465 e. The highest BCUT2D eigenvalue weighted by Crippen LogP contribution is 1.97. The number of nitrogens with zero attached hydrogens (tertiary/aromatic N) is 1. The quantitative estimate of drug-likeness (QED) is 0.670. The molecule has 0 aliphatic heterocycles. The number of aromatic nitrogens is 1. The minimum Gasteiger partial charge on any atom is -0.465 e. The topological polar surface area (TPSA) is 79.3 Å². The summed E-state index contributed by atoms with van der Waals surface area (Å²) in [5, 5.41) is 9.74. The highest BCUT2D eigenvalue weighted by molar-refractivity contribution is 6.00. The number of amides is 2. The Morgan fingerprint density at radius 2 is 2.15 bits per heavy atom. The van der Waals surface area contributed by atoms with Crippen molar-refractivity contribution >= 4 is 12.0 Å². The van der Waals surface area contributed by atoms with Crippen LogP contribution >= 0.6 is 0 Å². The summed E-state index contributed by atoms with van der Waals surface area (Å²) in [6.07, 6.45) is -0.646. The lowest BCUT2D eigenvalue weighted by atomic mass is 10.3. The van der Waals surface area contributed by atoms with Gasteiger partial charge in [-0.25, -0.2) is 14.2 Å². The van der Waals surface area contributed by atoms with Crippen LogP contribution in [0.3, 0.4) is 0 Å². The number of hydrogen-bond acceptors (Lipinski definition) is 3. The van der Waals surface area contributed by atoms with Gasteiger partial charge < -0.3 is 5.11 Å². The third-order valence-corrected chi connectivity index (χ3v) is 1.18. The molecule has 0 fully saturated rings. The molecule has 0 unspecified atom stereocenters. The highest BCUT2D eigenvalue weighted by Gasteiger charge is 2.09. The number of imide groups is 1. The van der Waals surface area contributed by atoms with Crippen LogP contribution < -0.4 is 5.32 Å². The van der Waals surface area contributed by atoms with Gasteiger partial charge in [-0.3, -0.25) is 10.1 Å². The zero-order valence-corrected chi connectivity index (χ0v) is 6.32. The number of rotatable bonds is 1. The average Bonchev–Trinajstić information content (AvgIpc) is 2.04. The number of pyridine rings is 1. The van der Waals surface area contributed by atoms with Crippen molar-refractivity contribution in [1.82, 2.24) is 10.3 Å². The first kappa shape index (κ1) is 9.11. The minimum atomic E-state index is -1.48. The van der Waals surface area contributed by atoms with E-state index < -0.39 is 17.8 Å². The Morgan fingerprint density at radius 3 is 2.62 bits per heavy atom. The van der Waals surface area contributed by atoms with Crippen molar-refractivity contribution in [3.05, 3.63) is 29.8 Å². The summed E-state index contributed by atoms with van der Waals surface area (Å²) in [4.78, 5) is 24.3. The van der Waals surface area contributed by atoms with E-state index in [1.165, 1.54) is 0 Å². The van der Waals surface area contributed by atoms with Crippen LogP contribution in [0, 0.1) is 5.82 Å². The molecule has 2 amide bonds. The molecule has 6 heteroatoms. The van der Waals surface area contributed by atoms with Gasteiger partial charge in [-0.05, 0) is 12.1 Å². The van der Waals surface area contributed by atoms with Crippen LogP contribution in [0.25, 0.3) is 0 Å². The third kappa shape index (κ3) is 2.51. The number of carbonyl (C=O) groups excluding carboxylic acids is 1. The summed E-state index contributed by atoms with van der Waals surface area (Å²) < 4.78 is 12.3. The number of halogens is 1. The van der Waals surface area contributed by atoms with Crippen LogP contribution in [-0.4, -0.2) is 22.1 Å². The van der Waals surface area contributed by atoms with Crippen LogP contribution in [0.15, 0.2) is 18.3 Å². The van der Waals surface area contributed by atoms with Crippen LogP contribution in [0.2, 0.25) is 0 Å². The van der Waals surface area contributed by atoms with Gasteiger partial charge in [-0.15, -0.1) is 0 Å². The van der Waals surface area contributed by atoms with Crippen molar-refractivity contribution < 1.29 is 19.1 Å². The molecule has 0 aliphatic rings. The van der Waals surface area contributed by atoms with Gasteiger partial charge in [0.05, 0.1) is 6.20 Å². The first-order chi connectivity index (χ1) is 6.09. The summed E-state index contributed by atoms with van der Waals surface area (Å²) >= 11 is 0. The first-order valence-corrected chi connectivity index (χ1v) is 3.25. The van der Waals surface area contributed by atoms with Crippen LogP contribution in [0.5, 0.6) is 0 Å². The molecule has 0 saturated heterocycles. The maximum atomic E-state index is 12.3. The molecule has 0 aromatic carbocycles. The summed E-state index contributed by atoms with van der Waals surface area (Å²) in [5.74, 6) is -1.47. The fraction of sp³-hybridized carbons (Fsp3) is 0. The Bertz CT molecular complexity index is 336. The number of carbonyl (C=O) groups is 2. The van der Waals surface area contributed by atoms with Crippen molar-refractivity contribution in [3.63, 3.8) is 0 Å². The predicted octanol–water partition coefficient (Wildman–Crippen LogP) is 0.628. The van der Waals surface area contributed by atoms with Gasteiger partial charge in [-0.2, -0.15) is 0 Å². The van der Waals surface area contributed by atoms with Gasteiger partial charge in [0, 0.05) is 0 Å². The molecule has 0 atom stereocenters. The van der Waals surface area contributed by atoms with Crippen molar-refractivity contribution in [2.75, 3.05) is 0 Å². The maximum Gasteiger partial charge on any atom is 0.411 e. The number of nitrogens with one attached hydrogen (secondary N) is 1.